The molecule has 1 aromatic carbocycles. The largest absolute Gasteiger partial charge is 0.496 e. The van der Waals surface area contributed by atoms with Crippen LogP contribution in [0.1, 0.15) is 27.9 Å². The summed E-state index contributed by atoms with van der Waals surface area (Å²) in [5, 5.41) is 0. The number of fused-ring (bicyclic) bond motifs is 1. The molecule has 3 rings (SSSR count). The van der Waals surface area contributed by atoms with Crippen molar-refractivity contribution in [3.63, 3.8) is 0 Å². The number of aromatic nitrogens is 1. The standard InChI is InChI=1S/C19H23N3O2/c1-12-9-21-16(13(2)18(12)24-3)11-22-10-15-7-5-4-6-14(15)8-17(22)19(20)23/h4-7,9,17H,8,10-11H2,1-3H3,(H2,20,23)/t17-/m0/s1. The third kappa shape index (κ3) is 2.99. The molecule has 0 spiro atoms. The molecular weight excluding hydrogens is 302 g/mol. The van der Waals surface area contributed by atoms with Crippen LogP contribution in [-0.4, -0.2) is 28.9 Å². The van der Waals surface area contributed by atoms with Crippen molar-refractivity contribution >= 4 is 5.91 Å². The maximum Gasteiger partial charge on any atom is 0.235 e. The minimum absolute atomic E-state index is 0.291. The lowest BCUT2D eigenvalue weighted by Gasteiger charge is -2.35. The van der Waals surface area contributed by atoms with E-state index in [1.165, 1.54) is 11.1 Å². The Morgan fingerprint density at radius 3 is 2.71 bits per heavy atom. The highest BCUT2D eigenvalue weighted by Crippen LogP contribution is 2.28. The van der Waals surface area contributed by atoms with E-state index >= 15 is 0 Å². The molecule has 1 atom stereocenters. The van der Waals surface area contributed by atoms with E-state index < -0.39 is 0 Å². The number of amides is 1. The molecule has 2 aromatic rings. The Morgan fingerprint density at radius 2 is 2.04 bits per heavy atom. The van der Waals surface area contributed by atoms with Gasteiger partial charge in [-0.1, -0.05) is 24.3 Å². The van der Waals surface area contributed by atoms with E-state index in [9.17, 15) is 4.79 Å². The first-order valence-electron chi connectivity index (χ1n) is 8.10. The molecule has 0 saturated heterocycles. The predicted octanol–water partition coefficient (Wildman–Crippen LogP) is 2.12. The smallest absolute Gasteiger partial charge is 0.235 e. The summed E-state index contributed by atoms with van der Waals surface area (Å²) in [6, 6.07) is 7.90. The zero-order valence-electron chi connectivity index (χ0n) is 14.4. The summed E-state index contributed by atoms with van der Waals surface area (Å²) in [5.41, 5.74) is 11.0. The van der Waals surface area contributed by atoms with Gasteiger partial charge in [0.05, 0.1) is 18.8 Å². The summed E-state index contributed by atoms with van der Waals surface area (Å²) in [7, 11) is 1.67. The van der Waals surface area contributed by atoms with Gasteiger partial charge in [-0.05, 0) is 31.4 Å². The van der Waals surface area contributed by atoms with Gasteiger partial charge in [-0.25, -0.2) is 0 Å². The Labute approximate surface area is 142 Å². The molecule has 1 amide bonds. The van der Waals surface area contributed by atoms with Gasteiger partial charge in [-0.15, -0.1) is 0 Å². The average Bonchev–Trinajstić information content (AvgIpc) is 2.57. The third-order valence-corrected chi connectivity index (χ3v) is 4.78. The average molecular weight is 325 g/mol. The SMILES string of the molecule is COc1c(C)cnc(CN2Cc3ccccc3C[C@H]2C(N)=O)c1C. The fraction of sp³-hybridized carbons (Fsp3) is 0.368. The van der Waals surface area contributed by atoms with Crippen LogP contribution in [0.2, 0.25) is 0 Å². The summed E-state index contributed by atoms with van der Waals surface area (Å²) in [4.78, 5) is 18.6. The molecule has 5 nitrogen and oxygen atoms in total. The van der Waals surface area contributed by atoms with E-state index in [-0.39, 0.29) is 11.9 Å². The molecule has 24 heavy (non-hydrogen) atoms. The molecule has 0 aliphatic carbocycles. The molecule has 0 radical (unpaired) electrons. The molecule has 0 saturated carbocycles. The lowest BCUT2D eigenvalue weighted by molar-refractivity contribution is -0.124. The van der Waals surface area contributed by atoms with E-state index in [1.54, 1.807) is 7.11 Å². The van der Waals surface area contributed by atoms with Crippen LogP contribution < -0.4 is 10.5 Å². The van der Waals surface area contributed by atoms with Crippen LogP contribution >= 0.6 is 0 Å². The van der Waals surface area contributed by atoms with Crippen LogP contribution in [0.25, 0.3) is 0 Å². The molecule has 0 bridgehead atoms. The van der Waals surface area contributed by atoms with Gasteiger partial charge in [0.1, 0.15) is 5.75 Å². The second-order valence-electron chi connectivity index (χ2n) is 6.34. The number of ether oxygens (including phenoxy) is 1. The number of carbonyl (C=O) groups is 1. The Kier molecular flexibility index (Phi) is 4.53. The van der Waals surface area contributed by atoms with E-state index in [2.05, 4.69) is 22.0 Å². The number of methoxy groups -OCH3 is 1. The topological polar surface area (TPSA) is 68.4 Å². The van der Waals surface area contributed by atoms with E-state index in [0.29, 0.717) is 19.5 Å². The molecule has 0 fully saturated rings. The predicted molar refractivity (Wildman–Crippen MR) is 92.6 cm³/mol. The molecule has 5 heteroatoms. The minimum atomic E-state index is -0.312. The van der Waals surface area contributed by atoms with Gasteiger partial charge >= 0.3 is 0 Å². The maximum absolute atomic E-state index is 12.0. The fourth-order valence-electron chi connectivity index (χ4n) is 3.45. The number of hydrogen-bond acceptors (Lipinski definition) is 4. The number of benzene rings is 1. The number of nitrogens with zero attached hydrogens (tertiary/aromatic N) is 2. The first kappa shape index (κ1) is 16.5. The number of primary amides is 1. The maximum atomic E-state index is 12.0. The summed E-state index contributed by atoms with van der Waals surface area (Å²) < 4.78 is 5.49. The zero-order chi connectivity index (χ0) is 17.3. The molecule has 0 unspecified atom stereocenters. The van der Waals surface area contributed by atoms with Crippen molar-refractivity contribution in [1.82, 2.24) is 9.88 Å². The van der Waals surface area contributed by atoms with Gasteiger partial charge in [0.2, 0.25) is 5.91 Å². The lowest BCUT2D eigenvalue weighted by atomic mass is 9.93. The number of aryl methyl sites for hydroxylation is 1. The normalized spacial score (nSPS) is 17.4. The van der Waals surface area contributed by atoms with Gasteiger partial charge in [0.15, 0.2) is 0 Å². The highest BCUT2D eigenvalue weighted by atomic mass is 16.5. The van der Waals surface area contributed by atoms with Crippen molar-refractivity contribution in [2.75, 3.05) is 7.11 Å². The summed E-state index contributed by atoms with van der Waals surface area (Å²) >= 11 is 0. The Morgan fingerprint density at radius 1 is 1.33 bits per heavy atom. The van der Waals surface area contributed by atoms with Crippen molar-refractivity contribution in [3.05, 3.63) is 58.4 Å². The van der Waals surface area contributed by atoms with E-state index in [1.807, 2.05) is 32.2 Å². The molecule has 1 aliphatic heterocycles. The van der Waals surface area contributed by atoms with Crippen LogP contribution in [0.3, 0.4) is 0 Å². The molecular formula is C19H23N3O2. The first-order valence-corrected chi connectivity index (χ1v) is 8.10. The summed E-state index contributed by atoms with van der Waals surface area (Å²) in [6.07, 6.45) is 2.46. The van der Waals surface area contributed by atoms with Crippen molar-refractivity contribution in [2.45, 2.75) is 39.4 Å². The number of hydrogen-bond donors (Lipinski definition) is 1. The van der Waals surface area contributed by atoms with Gasteiger partial charge in [0.25, 0.3) is 0 Å². The zero-order valence-corrected chi connectivity index (χ0v) is 14.4. The molecule has 2 heterocycles. The number of carbonyl (C=O) groups excluding carboxylic acids is 1. The van der Waals surface area contributed by atoms with E-state index in [4.69, 9.17) is 10.5 Å². The van der Waals surface area contributed by atoms with Crippen LogP contribution in [0.4, 0.5) is 0 Å². The molecule has 1 aliphatic rings. The highest BCUT2D eigenvalue weighted by molar-refractivity contribution is 5.80. The van der Waals surface area contributed by atoms with Crippen molar-refractivity contribution in [1.29, 1.82) is 0 Å². The monoisotopic (exact) mass is 325 g/mol. The van der Waals surface area contributed by atoms with Crippen LogP contribution in [0.5, 0.6) is 5.75 Å². The minimum Gasteiger partial charge on any atom is -0.496 e. The Hall–Kier alpha value is -2.40. The molecule has 126 valence electrons. The van der Waals surface area contributed by atoms with Crippen molar-refractivity contribution < 1.29 is 9.53 Å². The van der Waals surface area contributed by atoms with Crippen LogP contribution in [0.15, 0.2) is 30.5 Å². The summed E-state index contributed by atoms with van der Waals surface area (Å²) in [5.74, 6) is 0.564. The Bertz CT molecular complexity index is 773. The van der Waals surface area contributed by atoms with Gasteiger partial charge < -0.3 is 10.5 Å². The van der Waals surface area contributed by atoms with Crippen LogP contribution in [-0.2, 0) is 24.3 Å². The van der Waals surface area contributed by atoms with Crippen molar-refractivity contribution in [3.8, 4) is 5.75 Å². The third-order valence-electron chi connectivity index (χ3n) is 4.78. The number of rotatable bonds is 4. The van der Waals surface area contributed by atoms with E-state index in [0.717, 1.165) is 22.6 Å². The fourth-order valence-corrected chi connectivity index (χ4v) is 3.45. The summed E-state index contributed by atoms with van der Waals surface area (Å²) in [6.45, 7) is 5.25. The second kappa shape index (κ2) is 6.61. The number of pyridine rings is 1. The van der Waals surface area contributed by atoms with Gasteiger partial charge in [0, 0.05) is 30.4 Å². The van der Waals surface area contributed by atoms with Crippen molar-refractivity contribution in [2.24, 2.45) is 5.73 Å². The lowest BCUT2D eigenvalue weighted by Crippen LogP contribution is -2.48. The first-order chi connectivity index (χ1) is 11.5. The van der Waals surface area contributed by atoms with Gasteiger partial charge in [-0.3, -0.25) is 14.7 Å². The van der Waals surface area contributed by atoms with Gasteiger partial charge in [-0.2, -0.15) is 0 Å². The number of nitrogens with two attached hydrogens (primary N) is 1. The quantitative estimate of drug-likeness (QED) is 0.935. The van der Waals surface area contributed by atoms with Crippen LogP contribution in [0, 0.1) is 13.8 Å². The Balaban J connectivity index is 1.92. The molecule has 2 N–H and O–H groups in total. The second-order valence-corrected chi connectivity index (χ2v) is 6.34. The highest BCUT2D eigenvalue weighted by Gasteiger charge is 2.30. The molecule has 1 aromatic heterocycles.